The van der Waals surface area contributed by atoms with Gasteiger partial charge in [-0.1, -0.05) is 0 Å². The quantitative estimate of drug-likeness (QED) is 0.613. The topological polar surface area (TPSA) is 42.0 Å². The molecule has 0 bridgehead atoms. The van der Waals surface area contributed by atoms with E-state index in [4.69, 9.17) is 9.57 Å². The van der Waals surface area contributed by atoms with E-state index in [1.807, 2.05) is 0 Å². The molecule has 12 heavy (non-hydrogen) atoms. The van der Waals surface area contributed by atoms with E-state index in [0.717, 1.165) is 3.71 Å². The van der Waals surface area contributed by atoms with Crippen molar-refractivity contribution in [1.82, 2.24) is 8.77 Å². The van der Waals surface area contributed by atoms with Gasteiger partial charge in [-0.05, 0) is 25.6 Å². The number of hydrogen-bond donors (Lipinski definition) is 2. The first-order valence-electron chi connectivity index (χ1n) is 3.42. The molecule has 1 heterocycles. The second-order valence-electron chi connectivity index (χ2n) is 2.19. The fraction of sp³-hybridized carbons (Fsp3) is 0.800. The molecule has 0 aromatic rings. The zero-order valence-corrected chi connectivity index (χ0v) is 8.13. The molecule has 1 saturated heterocycles. The van der Waals surface area contributed by atoms with E-state index in [0.29, 0.717) is 26.3 Å². The first-order valence-corrected chi connectivity index (χ1v) is 4.22. The van der Waals surface area contributed by atoms with Gasteiger partial charge in [0.25, 0.3) is 0 Å². The highest BCUT2D eigenvalue weighted by molar-refractivity contribution is 7.94. The number of ether oxygens (including phenoxy) is 1. The number of morpholine rings is 1. The molecule has 1 aliphatic heterocycles. The molecule has 0 radical (unpaired) electrons. The summed E-state index contributed by atoms with van der Waals surface area (Å²) in [6.07, 6.45) is -0.608. The van der Waals surface area contributed by atoms with Crippen molar-refractivity contribution in [2.45, 2.75) is 0 Å². The Hall–Kier alpha value is -0.110. The molecular weight excluding hydrogens is 200 g/mol. The van der Waals surface area contributed by atoms with Crippen LogP contribution in [-0.4, -0.2) is 41.2 Å². The lowest BCUT2D eigenvalue weighted by atomic mass is 10.5. The number of rotatable bonds is 1. The smallest absolute Gasteiger partial charge is 0.379 e. The van der Waals surface area contributed by atoms with Gasteiger partial charge >= 0.3 is 6.09 Å². The van der Waals surface area contributed by atoms with Gasteiger partial charge in [-0.25, -0.2) is 4.79 Å². The van der Waals surface area contributed by atoms with E-state index < -0.39 is 6.09 Å². The zero-order valence-electron chi connectivity index (χ0n) is 6.34. The number of hydrogen-bond acceptors (Lipinski definition) is 6. The van der Waals surface area contributed by atoms with Crippen molar-refractivity contribution in [2.75, 3.05) is 26.3 Å². The third-order valence-corrected chi connectivity index (χ3v) is 1.67. The molecule has 0 unspecified atom stereocenters. The summed E-state index contributed by atoms with van der Waals surface area (Å²) in [6, 6.07) is 0. The first kappa shape index (κ1) is 9.97. The minimum absolute atomic E-state index is 0.576. The molecular formula is C5H10N2O3S2. The summed E-state index contributed by atoms with van der Waals surface area (Å²) in [5.74, 6) is 0. The summed E-state index contributed by atoms with van der Waals surface area (Å²) in [5.41, 5.74) is 0. The normalized spacial score (nSPS) is 18.8. The Kier molecular flexibility index (Phi) is 3.99. The van der Waals surface area contributed by atoms with Crippen LogP contribution in [0.15, 0.2) is 0 Å². The van der Waals surface area contributed by atoms with Crippen LogP contribution in [0.4, 0.5) is 4.79 Å². The SMILES string of the molecule is O=C(ON1CCOCC1)N(S)S. The van der Waals surface area contributed by atoms with E-state index >= 15 is 0 Å². The number of carbonyl (C=O) groups is 1. The van der Waals surface area contributed by atoms with Gasteiger partial charge in [0, 0.05) is 0 Å². The number of hydroxylamine groups is 2. The Morgan fingerprint density at radius 2 is 2.00 bits per heavy atom. The summed E-state index contributed by atoms with van der Waals surface area (Å²) >= 11 is 7.32. The summed E-state index contributed by atoms with van der Waals surface area (Å²) < 4.78 is 5.84. The predicted molar refractivity (Wildman–Crippen MR) is 48.7 cm³/mol. The second kappa shape index (κ2) is 4.80. The van der Waals surface area contributed by atoms with Crippen molar-refractivity contribution in [1.29, 1.82) is 0 Å². The lowest BCUT2D eigenvalue weighted by molar-refractivity contribution is -0.147. The van der Waals surface area contributed by atoms with Gasteiger partial charge in [0.2, 0.25) is 0 Å². The van der Waals surface area contributed by atoms with Crippen LogP contribution in [0.2, 0.25) is 0 Å². The van der Waals surface area contributed by atoms with Crippen LogP contribution >= 0.6 is 25.6 Å². The van der Waals surface area contributed by atoms with Gasteiger partial charge < -0.3 is 9.57 Å². The summed E-state index contributed by atoms with van der Waals surface area (Å²) in [7, 11) is 0. The van der Waals surface area contributed by atoms with Crippen molar-refractivity contribution >= 4 is 31.7 Å². The van der Waals surface area contributed by atoms with Crippen LogP contribution in [-0.2, 0) is 9.57 Å². The minimum Gasteiger partial charge on any atom is -0.379 e. The molecule has 70 valence electrons. The largest absolute Gasteiger partial charge is 0.449 e. The first-order chi connectivity index (χ1) is 5.70. The summed E-state index contributed by atoms with van der Waals surface area (Å²) in [6.45, 7) is 2.32. The van der Waals surface area contributed by atoms with Crippen LogP contribution in [0.3, 0.4) is 0 Å². The summed E-state index contributed by atoms with van der Waals surface area (Å²) in [4.78, 5) is 15.7. The van der Waals surface area contributed by atoms with Gasteiger partial charge in [0.15, 0.2) is 0 Å². The minimum atomic E-state index is -0.608. The molecule has 1 rings (SSSR count). The van der Waals surface area contributed by atoms with Crippen LogP contribution in [0.25, 0.3) is 0 Å². The van der Waals surface area contributed by atoms with Crippen molar-refractivity contribution in [3.05, 3.63) is 0 Å². The van der Waals surface area contributed by atoms with Crippen molar-refractivity contribution in [3.63, 3.8) is 0 Å². The molecule has 7 heteroatoms. The lowest BCUT2D eigenvalue weighted by Crippen LogP contribution is -2.39. The standard InChI is InChI=1S/C5H10N2O3S2/c8-5(7(11)12)10-6-1-3-9-4-2-6/h11-12H,1-4H2. The molecule has 0 aromatic heterocycles. The van der Waals surface area contributed by atoms with Crippen LogP contribution in [0.1, 0.15) is 0 Å². The van der Waals surface area contributed by atoms with E-state index in [2.05, 4.69) is 25.6 Å². The average molecular weight is 210 g/mol. The highest BCUT2D eigenvalue weighted by atomic mass is 32.2. The number of nitrogens with zero attached hydrogens (tertiary/aromatic N) is 2. The monoisotopic (exact) mass is 210 g/mol. The van der Waals surface area contributed by atoms with Crippen molar-refractivity contribution in [3.8, 4) is 0 Å². The average Bonchev–Trinajstić information content (AvgIpc) is 2.06. The Labute approximate surface area is 81.6 Å². The maximum absolute atomic E-state index is 10.9. The third-order valence-electron chi connectivity index (χ3n) is 1.34. The van der Waals surface area contributed by atoms with Crippen LogP contribution in [0.5, 0.6) is 0 Å². The highest BCUT2D eigenvalue weighted by Crippen LogP contribution is 2.05. The molecule has 1 aliphatic rings. The van der Waals surface area contributed by atoms with E-state index in [1.165, 1.54) is 5.06 Å². The van der Waals surface area contributed by atoms with E-state index in [-0.39, 0.29) is 0 Å². The van der Waals surface area contributed by atoms with E-state index in [9.17, 15) is 4.79 Å². The molecule has 0 aliphatic carbocycles. The Balaban J connectivity index is 2.24. The predicted octanol–water partition coefficient (Wildman–Crippen LogP) is 0.362. The Morgan fingerprint density at radius 3 is 2.50 bits per heavy atom. The fourth-order valence-corrected chi connectivity index (χ4v) is 0.858. The molecule has 0 atom stereocenters. The zero-order chi connectivity index (χ0) is 8.97. The molecule has 1 amide bonds. The molecule has 0 aromatic carbocycles. The van der Waals surface area contributed by atoms with Crippen LogP contribution < -0.4 is 0 Å². The van der Waals surface area contributed by atoms with Crippen molar-refractivity contribution in [2.24, 2.45) is 0 Å². The second-order valence-corrected chi connectivity index (χ2v) is 3.30. The highest BCUT2D eigenvalue weighted by Gasteiger charge is 2.16. The molecule has 0 N–H and O–H groups in total. The maximum Gasteiger partial charge on any atom is 0.449 e. The van der Waals surface area contributed by atoms with Gasteiger partial charge in [-0.2, -0.15) is 3.71 Å². The molecule has 1 fully saturated rings. The maximum atomic E-state index is 10.9. The fourth-order valence-electron chi connectivity index (χ4n) is 0.785. The van der Waals surface area contributed by atoms with Gasteiger partial charge in [-0.3, -0.25) is 0 Å². The molecule has 0 saturated carbocycles. The van der Waals surface area contributed by atoms with E-state index in [1.54, 1.807) is 0 Å². The number of amides is 1. The number of thiol groups is 2. The number of carbonyl (C=O) groups excluding carboxylic acids is 1. The van der Waals surface area contributed by atoms with Crippen LogP contribution in [0, 0.1) is 0 Å². The summed E-state index contributed by atoms with van der Waals surface area (Å²) in [5, 5.41) is 1.52. The molecule has 0 spiro atoms. The Morgan fingerprint density at radius 1 is 1.42 bits per heavy atom. The van der Waals surface area contributed by atoms with Gasteiger partial charge in [-0.15, -0.1) is 5.06 Å². The molecule has 5 nitrogen and oxygen atoms in total. The lowest BCUT2D eigenvalue weighted by Gasteiger charge is -2.25. The Bertz CT molecular complexity index is 161. The third kappa shape index (κ3) is 3.10. The van der Waals surface area contributed by atoms with Crippen molar-refractivity contribution < 1.29 is 14.4 Å². The van der Waals surface area contributed by atoms with Gasteiger partial charge in [0.05, 0.1) is 26.3 Å². The van der Waals surface area contributed by atoms with Gasteiger partial charge in [0.1, 0.15) is 0 Å².